The van der Waals surface area contributed by atoms with Gasteiger partial charge in [-0.15, -0.1) is 0 Å². The summed E-state index contributed by atoms with van der Waals surface area (Å²) < 4.78 is 38.6. The topological polar surface area (TPSA) is 50.2 Å². The average Bonchev–Trinajstić information content (AvgIpc) is 2.47. The van der Waals surface area contributed by atoms with Crippen LogP contribution < -0.4 is 0 Å². The van der Waals surface area contributed by atoms with Gasteiger partial charge in [0, 0.05) is 17.7 Å². The van der Waals surface area contributed by atoms with Crippen LogP contribution in [0, 0.1) is 0 Å². The van der Waals surface area contributed by atoms with Crippen molar-refractivity contribution < 1.29 is 23.1 Å². The Morgan fingerprint density at radius 2 is 1.73 bits per heavy atom. The Bertz CT molecular complexity index is 674. The van der Waals surface area contributed by atoms with Gasteiger partial charge in [0.05, 0.1) is 5.56 Å². The molecule has 0 aliphatic carbocycles. The van der Waals surface area contributed by atoms with Gasteiger partial charge in [-0.05, 0) is 23.3 Å². The Morgan fingerprint density at radius 3 is 2.41 bits per heavy atom. The van der Waals surface area contributed by atoms with Crippen LogP contribution in [-0.2, 0) is 17.7 Å². The minimum absolute atomic E-state index is 0.0703. The number of alkyl halides is 3. The molecule has 3 nitrogen and oxygen atoms in total. The van der Waals surface area contributed by atoms with Gasteiger partial charge in [0.15, 0.2) is 5.69 Å². The lowest BCUT2D eigenvalue weighted by atomic mass is 10.1. The second-order valence-electron chi connectivity index (χ2n) is 4.46. The fraction of sp³-hybridized carbons (Fsp3) is 0.200. The highest BCUT2D eigenvalue weighted by atomic mass is 32.2. The van der Waals surface area contributed by atoms with E-state index < -0.39 is 17.7 Å². The molecule has 0 aliphatic rings. The van der Waals surface area contributed by atoms with Gasteiger partial charge >= 0.3 is 12.1 Å². The maximum Gasteiger partial charge on any atom is 0.416 e. The number of benzene rings is 1. The summed E-state index contributed by atoms with van der Waals surface area (Å²) in [4.78, 5) is 14.8. The summed E-state index contributed by atoms with van der Waals surface area (Å²) in [7, 11) is 0. The first-order valence-electron chi connectivity index (χ1n) is 6.29. The highest BCUT2D eigenvalue weighted by Gasteiger charge is 2.32. The van der Waals surface area contributed by atoms with Crippen molar-refractivity contribution in [1.82, 2.24) is 4.98 Å². The van der Waals surface area contributed by atoms with E-state index in [1.165, 1.54) is 30.1 Å². The summed E-state index contributed by atoms with van der Waals surface area (Å²) in [5.41, 5.74) is -0.0588. The lowest BCUT2D eigenvalue weighted by Gasteiger charge is -2.12. The first-order valence-corrected chi connectivity index (χ1v) is 7.45. The number of hydrogen-bond acceptors (Lipinski definition) is 3. The summed E-state index contributed by atoms with van der Waals surface area (Å²) in [6.07, 6.45) is -3.02. The molecule has 0 fully saturated rings. The molecular formula is C15H12F3NO2S. The van der Waals surface area contributed by atoms with Crippen molar-refractivity contribution in [2.45, 2.75) is 17.7 Å². The van der Waals surface area contributed by atoms with Crippen molar-refractivity contribution in [1.29, 1.82) is 0 Å². The van der Waals surface area contributed by atoms with E-state index in [4.69, 9.17) is 5.11 Å². The highest BCUT2D eigenvalue weighted by molar-refractivity contribution is 7.97. The lowest BCUT2D eigenvalue weighted by molar-refractivity contribution is -0.138. The van der Waals surface area contributed by atoms with E-state index in [1.54, 1.807) is 18.2 Å². The standard InChI is InChI=1S/C15H12F3NO2S/c16-15(17,18)12-6-2-1-4-10(12)8-22-9-11-5-3-7-19-13(11)14(20)21/h1-7H,8-9H2,(H,20,21). The van der Waals surface area contributed by atoms with Gasteiger partial charge in [-0.1, -0.05) is 24.3 Å². The molecule has 0 saturated heterocycles. The minimum atomic E-state index is -4.39. The summed E-state index contributed by atoms with van der Waals surface area (Å²) >= 11 is 1.22. The molecule has 2 rings (SSSR count). The Morgan fingerprint density at radius 1 is 1.09 bits per heavy atom. The van der Waals surface area contributed by atoms with Gasteiger partial charge in [-0.25, -0.2) is 9.78 Å². The minimum Gasteiger partial charge on any atom is -0.477 e. The van der Waals surface area contributed by atoms with Crippen molar-refractivity contribution in [3.63, 3.8) is 0 Å². The van der Waals surface area contributed by atoms with Gasteiger partial charge in [0.2, 0.25) is 0 Å². The highest BCUT2D eigenvalue weighted by Crippen LogP contribution is 2.33. The third-order valence-corrected chi connectivity index (χ3v) is 3.96. The van der Waals surface area contributed by atoms with Crippen molar-refractivity contribution in [2.24, 2.45) is 0 Å². The number of thioether (sulfide) groups is 1. The predicted molar refractivity (Wildman–Crippen MR) is 77.6 cm³/mol. The first-order chi connectivity index (χ1) is 10.4. The molecule has 0 bridgehead atoms. The summed E-state index contributed by atoms with van der Waals surface area (Å²) in [5.74, 6) is -0.724. The Balaban J connectivity index is 2.08. The van der Waals surface area contributed by atoms with Gasteiger partial charge in [-0.3, -0.25) is 0 Å². The molecule has 0 radical (unpaired) electrons. The second-order valence-corrected chi connectivity index (χ2v) is 5.45. The van der Waals surface area contributed by atoms with Crippen LogP contribution in [0.5, 0.6) is 0 Å². The van der Waals surface area contributed by atoms with Crippen molar-refractivity contribution in [2.75, 3.05) is 0 Å². The first kappa shape index (κ1) is 16.4. The predicted octanol–water partition coefficient (Wildman–Crippen LogP) is 4.23. The maximum absolute atomic E-state index is 12.9. The molecule has 2 aromatic rings. The Labute approximate surface area is 129 Å². The number of hydrogen-bond donors (Lipinski definition) is 1. The van der Waals surface area contributed by atoms with Crippen molar-refractivity contribution in [3.05, 3.63) is 65.0 Å². The fourth-order valence-corrected chi connectivity index (χ4v) is 2.97. The number of carbonyl (C=O) groups is 1. The molecule has 0 saturated carbocycles. The monoisotopic (exact) mass is 327 g/mol. The SMILES string of the molecule is O=C(O)c1ncccc1CSCc1ccccc1C(F)(F)F. The normalized spacial score (nSPS) is 11.4. The molecule has 0 amide bonds. The summed E-state index contributed by atoms with van der Waals surface area (Å²) in [6, 6.07) is 8.59. The quantitative estimate of drug-likeness (QED) is 0.893. The number of halogens is 3. The molecule has 1 aromatic carbocycles. The fourth-order valence-electron chi connectivity index (χ4n) is 1.94. The van der Waals surface area contributed by atoms with E-state index in [0.717, 1.165) is 6.07 Å². The van der Waals surface area contributed by atoms with Crippen LogP contribution in [0.2, 0.25) is 0 Å². The molecular weight excluding hydrogens is 315 g/mol. The van der Waals surface area contributed by atoms with E-state index >= 15 is 0 Å². The zero-order valence-corrected chi connectivity index (χ0v) is 12.1. The van der Waals surface area contributed by atoms with Crippen LogP contribution in [0.4, 0.5) is 13.2 Å². The van der Waals surface area contributed by atoms with Crippen LogP contribution in [0.3, 0.4) is 0 Å². The van der Waals surface area contributed by atoms with Crippen LogP contribution in [0.25, 0.3) is 0 Å². The largest absolute Gasteiger partial charge is 0.477 e. The van der Waals surface area contributed by atoms with Crippen LogP contribution in [-0.4, -0.2) is 16.1 Å². The van der Waals surface area contributed by atoms with E-state index in [9.17, 15) is 18.0 Å². The number of aromatic nitrogens is 1. The molecule has 1 heterocycles. The summed E-state index contributed by atoms with van der Waals surface area (Å²) in [5, 5.41) is 9.01. The van der Waals surface area contributed by atoms with Gasteiger partial charge in [0.1, 0.15) is 0 Å². The maximum atomic E-state index is 12.9. The molecule has 1 N–H and O–H groups in total. The number of nitrogens with zero attached hydrogens (tertiary/aromatic N) is 1. The van der Waals surface area contributed by atoms with Gasteiger partial charge < -0.3 is 5.11 Å². The summed E-state index contributed by atoms with van der Waals surface area (Å²) in [6.45, 7) is 0. The molecule has 0 unspecified atom stereocenters. The third-order valence-electron chi connectivity index (χ3n) is 2.93. The smallest absolute Gasteiger partial charge is 0.416 e. The van der Waals surface area contributed by atoms with E-state index in [2.05, 4.69) is 4.98 Å². The van der Waals surface area contributed by atoms with Crippen LogP contribution in [0.1, 0.15) is 27.2 Å². The lowest BCUT2D eigenvalue weighted by Crippen LogP contribution is -2.08. The number of carboxylic acids is 1. The third kappa shape index (κ3) is 4.00. The van der Waals surface area contributed by atoms with E-state index in [-0.39, 0.29) is 22.8 Å². The second kappa shape index (κ2) is 6.83. The number of pyridine rings is 1. The average molecular weight is 327 g/mol. The van der Waals surface area contributed by atoms with Crippen LogP contribution in [0.15, 0.2) is 42.6 Å². The molecule has 0 aliphatic heterocycles. The zero-order chi connectivity index (χ0) is 16.2. The molecule has 22 heavy (non-hydrogen) atoms. The molecule has 7 heteroatoms. The number of carboxylic acid groups (broad SMARTS) is 1. The number of rotatable bonds is 5. The van der Waals surface area contributed by atoms with Crippen molar-refractivity contribution >= 4 is 17.7 Å². The molecule has 0 atom stereocenters. The van der Waals surface area contributed by atoms with Crippen LogP contribution >= 0.6 is 11.8 Å². The zero-order valence-electron chi connectivity index (χ0n) is 11.3. The molecule has 116 valence electrons. The van der Waals surface area contributed by atoms with E-state index in [0.29, 0.717) is 5.56 Å². The number of aromatic carboxylic acids is 1. The Hall–Kier alpha value is -2.02. The molecule has 0 spiro atoms. The van der Waals surface area contributed by atoms with Crippen molar-refractivity contribution in [3.8, 4) is 0 Å². The Kier molecular flexibility index (Phi) is 5.07. The van der Waals surface area contributed by atoms with E-state index in [1.807, 2.05) is 0 Å². The van der Waals surface area contributed by atoms with Gasteiger partial charge in [-0.2, -0.15) is 24.9 Å². The molecule has 1 aromatic heterocycles. The van der Waals surface area contributed by atoms with Gasteiger partial charge in [0.25, 0.3) is 0 Å².